The topological polar surface area (TPSA) is 18.5 Å². The smallest absolute Gasteiger partial charge is 0.0368 e. The van der Waals surface area contributed by atoms with E-state index in [1.165, 1.54) is 11.4 Å². The van der Waals surface area contributed by atoms with Gasteiger partial charge in [0.1, 0.15) is 0 Å². The van der Waals surface area contributed by atoms with Crippen LogP contribution in [0.1, 0.15) is 20.8 Å². The molecule has 3 nitrogen and oxygen atoms in total. The molecule has 1 aromatic rings. The normalized spacial score (nSPS) is 17.6. The molecule has 1 aliphatic rings. The molecule has 0 bridgehead atoms. The molecule has 0 unspecified atom stereocenters. The predicted octanol–water partition coefficient (Wildman–Crippen LogP) is 2.90. The molecule has 106 valence electrons. The molecule has 0 saturated carbocycles. The molecule has 0 amide bonds. The minimum atomic E-state index is 0.316. The largest absolute Gasteiger partial charge is 0.385 e. The Kier molecular flexibility index (Phi) is 4.35. The van der Waals surface area contributed by atoms with Gasteiger partial charge >= 0.3 is 0 Å². The Bertz CT molecular complexity index is 383. The van der Waals surface area contributed by atoms with Crippen molar-refractivity contribution < 1.29 is 0 Å². The van der Waals surface area contributed by atoms with E-state index in [1.807, 2.05) is 0 Å². The van der Waals surface area contributed by atoms with Gasteiger partial charge in [-0.25, -0.2) is 0 Å². The highest BCUT2D eigenvalue weighted by Crippen LogP contribution is 2.20. The molecule has 1 aliphatic heterocycles. The van der Waals surface area contributed by atoms with Gasteiger partial charge in [0, 0.05) is 44.1 Å². The summed E-state index contributed by atoms with van der Waals surface area (Å²) in [7, 11) is 2.19. The molecule has 1 saturated heterocycles. The fraction of sp³-hybridized carbons (Fsp3) is 0.625. The summed E-state index contributed by atoms with van der Waals surface area (Å²) in [6.45, 7) is 12.3. The van der Waals surface area contributed by atoms with E-state index in [4.69, 9.17) is 0 Å². The summed E-state index contributed by atoms with van der Waals surface area (Å²) in [6, 6.07) is 8.85. The maximum Gasteiger partial charge on any atom is 0.0368 e. The van der Waals surface area contributed by atoms with E-state index < -0.39 is 0 Å². The van der Waals surface area contributed by atoms with E-state index in [0.29, 0.717) is 5.41 Å². The number of nitrogens with zero attached hydrogens (tertiary/aromatic N) is 2. The first-order valence-corrected chi connectivity index (χ1v) is 7.21. The Balaban J connectivity index is 1.91. The number of piperazine rings is 1. The van der Waals surface area contributed by atoms with E-state index in [1.54, 1.807) is 0 Å². The summed E-state index contributed by atoms with van der Waals surface area (Å²) in [5.41, 5.74) is 2.87. The Morgan fingerprint density at radius 1 is 1.00 bits per heavy atom. The van der Waals surface area contributed by atoms with Crippen LogP contribution in [0.25, 0.3) is 0 Å². The number of likely N-dealkylation sites (N-methyl/N-ethyl adjacent to an activating group) is 1. The van der Waals surface area contributed by atoms with E-state index in [-0.39, 0.29) is 0 Å². The van der Waals surface area contributed by atoms with Crippen molar-refractivity contribution in [1.29, 1.82) is 0 Å². The molecule has 0 aliphatic carbocycles. The van der Waals surface area contributed by atoms with E-state index in [0.717, 1.165) is 32.7 Å². The summed E-state index contributed by atoms with van der Waals surface area (Å²) in [5, 5.41) is 3.50. The van der Waals surface area contributed by atoms with E-state index in [2.05, 4.69) is 67.2 Å². The monoisotopic (exact) mass is 261 g/mol. The third-order valence-corrected chi connectivity index (χ3v) is 3.56. The molecular formula is C16H27N3. The van der Waals surface area contributed by atoms with Crippen LogP contribution in [0.5, 0.6) is 0 Å². The van der Waals surface area contributed by atoms with Crippen LogP contribution in [0.15, 0.2) is 24.3 Å². The van der Waals surface area contributed by atoms with E-state index >= 15 is 0 Å². The van der Waals surface area contributed by atoms with Crippen LogP contribution >= 0.6 is 0 Å². The lowest BCUT2D eigenvalue weighted by Crippen LogP contribution is -2.44. The molecule has 0 spiro atoms. The molecule has 0 aromatic heterocycles. The number of benzene rings is 1. The first kappa shape index (κ1) is 14.2. The zero-order chi connectivity index (χ0) is 13.9. The van der Waals surface area contributed by atoms with Gasteiger partial charge in [-0.05, 0) is 36.7 Å². The Hall–Kier alpha value is -1.22. The van der Waals surface area contributed by atoms with Crippen molar-refractivity contribution in [3.63, 3.8) is 0 Å². The standard InChI is InChI=1S/C16H27N3/c1-16(2,3)13-17-14-5-7-15(8-6-14)19-11-9-18(4)10-12-19/h5-8,17H,9-13H2,1-4H3. The Labute approximate surface area is 117 Å². The van der Waals surface area contributed by atoms with Gasteiger partial charge in [0.15, 0.2) is 0 Å². The van der Waals surface area contributed by atoms with Gasteiger partial charge in [0.25, 0.3) is 0 Å². The second kappa shape index (κ2) is 5.83. The minimum Gasteiger partial charge on any atom is -0.385 e. The van der Waals surface area contributed by atoms with Gasteiger partial charge in [0.05, 0.1) is 0 Å². The summed E-state index contributed by atoms with van der Waals surface area (Å²) in [5.74, 6) is 0. The Morgan fingerprint density at radius 2 is 1.58 bits per heavy atom. The summed E-state index contributed by atoms with van der Waals surface area (Å²) < 4.78 is 0. The number of hydrogen-bond acceptors (Lipinski definition) is 3. The van der Waals surface area contributed by atoms with Crippen molar-refractivity contribution in [3.8, 4) is 0 Å². The average Bonchev–Trinajstić information content (AvgIpc) is 2.37. The van der Waals surface area contributed by atoms with Gasteiger partial charge in [0.2, 0.25) is 0 Å². The van der Waals surface area contributed by atoms with Crippen LogP contribution in [0.4, 0.5) is 11.4 Å². The molecule has 1 aromatic carbocycles. The Morgan fingerprint density at radius 3 is 2.11 bits per heavy atom. The van der Waals surface area contributed by atoms with Crippen molar-refractivity contribution in [3.05, 3.63) is 24.3 Å². The number of rotatable bonds is 3. The minimum absolute atomic E-state index is 0.316. The molecule has 0 radical (unpaired) electrons. The second-order valence-corrected chi connectivity index (χ2v) is 6.75. The van der Waals surface area contributed by atoms with Crippen LogP contribution in [0.3, 0.4) is 0 Å². The van der Waals surface area contributed by atoms with E-state index in [9.17, 15) is 0 Å². The number of nitrogens with one attached hydrogen (secondary N) is 1. The van der Waals surface area contributed by atoms with Crippen molar-refractivity contribution in [2.45, 2.75) is 20.8 Å². The number of hydrogen-bond donors (Lipinski definition) is 1. The zero-order valence-electron chi connectivity index (χ0n) is 12.7. The average molecular weight is 261 g/mol. The second-order valence-electron chi connectivity index (χ2n) is 6.75. The SMILES string of the molecule is CN1CCN(c2ccc(NCC(C)(C)C)cc2)CC1. The summed E-state index contributed by atoms with van der Waals surface area (Å²) >= 11 is 0. The van der Waals surface area contributed by atoms with Crippen molar-refractivity contribution in [2.24, 2.45) is 5.41 Å². The lowest BCUT2D eigenvalue weighted by molar-refractivity contribution is 0.313. The molecular weight excluding hydrogens is 234 g/mol. The third kappa shape index (κ3) is 4.43. The van der Waals surface area contributed by atoms with Crippen LogP contribution < -0.4 is 10.2 Å². The van der Waals surface area contributed by atoms with Crippen LogP contribution in [0, 0.1) is 5.41 Å². The van der Waals surface area contributed by atoms with Crippen LogP contribution in [-0.2, 0) is 0 Å². The molecule has 1 N–H and O–H groups in total. The van der Waals surface area contributed by atoms with Gasteiger partial charge < -0.3 is 15.1 Å². The number of anilines is 2. The van der Waals surface area contributed by atoms with Gasteiger partial charge in [-0.2, -0.15) is 0 Å². The van der Waals surface area contributed by atoms with Gasteiger partial charge in [-0.3, -0.25) is 0 Å². The lowest BCUT2D eigenvalue weighted by atomic mass is 9.97. The third-order valence-electron chi connectivity index (χ3n) is 3.56. The molecule has 3 heteroatoms. The molecule has 19 heavy (non-hydrogen) atoms. The first-order valence-electron chi connectivity index (χ1n) is 7.21. The molecule has 0 atom stereocenters. The quantitative estimate of drug-likeness (QED) is 0.902. The van der Waals surface area contributed by atoms with Gasteiger partial charge in [-0.15, -0.1) is 0 Å². The van der Waals surface area contributed by atoms with Crippen LogP contribution in [0.2, 0.25) is 0 Å². The van der Waals surface area contributed by atoms with Crippen molar-refractivity contribution in [1.82, 2.24) is 4.90 Å². The molecule has 1 heterocycles. The van der Waals surface area contributed by atoms with Crippen molar-refractivity contribution in [2.75, 3.05) is 50.0 Å². The molecule has 2 rings (SSSR count). The fourth-order valence-electron chi connectivity index (χ4n) is 2.22. The van der Waals surface area contributed by atoms with Crippen molar-refractivity contribution >= 4 is 11.4 Å². The van der Waals surface area contributed by atoms with Gasteiger partial charge in [-0.1, -0.05) is 20.8 Å². The summed E-state index contributed by atoms with van der Waals surface area (Å²) in [4.78, 5) is 4.85. The maximum absolute atomic E-state index is 3.50. The summed E-state index contributed by atoms with van der Waals surface area (Å²) in [6.07, 6.45) is 0. The predicted molar refractivity (Wildman–Crippen MR) is 84.1 cm³/mol. The van der Waals surface area contributed by atoms with Crippen LogP contribution in [-0.4, -0.2) is 44.7 Å². The fourth-order valence-corrected chi connectivity index (χ4v) is 2.22. The molecule has 1 fully saturated rings. The zero-order valence-corrected chi connectivity index (χ0v) is 12.7. The first-order chi connectivity index (χ1) is 8.94. The highest BCUT2D eigenvalue weighted by molar-refractivity contribution is 5.55. The highest BCUT2D eigenvalue weighted by atomic mass is 15.2. The highest BCUT2D eigenvalue weighted by Gasteiger charge is 2.14. The maximum atomic E-state index is 3.50. The lowest BCUT2D eigenvalue weighted by Gasteiger charge is -2.34.